The van der Waals surface area contributed by atoms with Gasteiger partial charge in [0.2, 0.25) is 6.41 Å². The van der Waals surface area contributed by atoms with Gasteiger partial charge in [-0.2, -0.15) is 0 Å². The highest BCUT2D eigenvalue weighted by Crippen LogP contribution is 2.09. The van der Waals surface area contributed by atoms with E-state index in [0.29, 0.717) is 0 Å². The zero-order valence-electron chi connectivity index (χ0n) is 9.72. The molecular weight excluding hydrogens is 200 g/mol. The molecule has 1 aromatic rings. The van der Waals surface area contributed by atoms with Gasteiger partial charge in [0, 0.05) is 32.7 Å². The lowest BCUT2D eigenvalue weighted by Gasteiger charge is -2.32. The molecule has 0 saturated carbocycles. The van der Waals surface area contributed by atoms with E-state index in [1.54, 1.807) is 0 Å². The molecule has 1 saturated heterocycles. The van der Waals surface area contributed by atoms with Gasteiger partial charge in [-0.05, 0) is 12.5 Å². The average Bonchev–Trinajstić information content (AvgIpc) is 2.30. The minimum Gasteiger partial charge on any atom is -0.343 e. The van der Waals surface area contributed by atoms with E-state index < -0.39 is 0 Å². The fourth-order valence-electron chi connectivity index (χ4n) is 2.10. The monoisotopic (exact) mass is 218 g/mol. The van der Waals surface area contributed by atoms with Crippen molar-refractivity contribution in [2.24, 2.45) is 0 Å². The third-order valence-corrected chi connectivity index (χ3v) is 3.04. The van der Waals surface area contributed by atoms with Gasteiger partial charge in [-0.3, -0.25) is 9.69 Å². The van der Waals surface area contributed by atoms with Crippen LogP contribution >= 0.6 is 0 Å². The Kier molecular flexibility index (Phi) is 3.57. The molecule has 0 bridgehead atoms. The predicted molar refractivity (Wildman–Crippen MR) is 64.1 cm³/mol. The van der Waals surface area contributed by atoms with Crippen molar-refractivity contribution in [1.82, 2.24) is 9.80 Å². The molecule has 0 spiro atoms. The maximum Gasteiger partial charge on any atom is 0.209 e. The third-order valence-electron chi connectivity index (χ3n) is 3.04. The van der Waals surface area contributed by atoms with Crippen molar-refractivity contribution in [1.29, 1.82) is 0 Å². The van der Waals surface area contributed by atoms with Gasteiger partial charge >= 0.3 is 0 Å². The first-order valence-electron chi connectivity index (χ1n) is 5.75. The first-order valence-corrected chi connectivity index (χ1v) is 5.75. The fraction of sp³-hybridized carbons (Fsp3) is 0.462. The van der Waals surface area contributed by atoms with Gasteiger partial charge in [-0.25, -0.2) is 0 Å². The maximum atomic E-state index is 10.6. The van der Waals surface area contributed by atoms with Gasteiger partial charge < -0.3 is 4.90 Å². The lowest BCUT2D eigenvalue weighted by molar-refractivity contribution is -0.119. The van der Waals surface area contributed by atoms with Crippen LogP contribution in [0.15, 0.2) is 24.3 Å². The summed E-state index contributed by atoms with van der Waals surface area (Å²) in [6, 6.07) is 8.62. The number of hydrogen-bond acceptors (Lipinski definition) is 2. The SMILES string of the molecule is Cc1cccc(CN2CCN(C=O)CC2)c1. The highest BCUT2D eigenvalue weighted by Gasteiger charge is 2.14. The average molecular weight is 218 g/mol. The molecular formula is C13H18N2O. The molecule has 0 aromatic heterocycles. The third kappa shape index (κ3) is 2.83. The van der Waals surface area contributed by atoms with Gasteiger partial charge in [0.1, 0.15) is 0 Å². The minimum absolute atomic E-state index is 0.856. The molecule has 1 aliphatic heterocycles. The summed E-state index contributed by atoms with van der Waals surface area (Å²) in [7, 11) is 0. The van der Waals surface area contributed by atoms with Crippen LogP contribution < -0.4 is 0 Å². The van der Waals surface area contributed by atoms with Crippen molar-refractivity contribution in [3.8, 4) is 0 Å². The van der Waals surface area contributed by atoms with Crippen LogP contribution in [0.5, 0.6) is 0 Å². The summed E-state index contributed by atoms with van der Waals surface area (Å²) < 4.78 is 0. The molecule has 86 valence electrons. The smallest absolute Gasteiger partial charge is 0.209 e. The molecule has 3 heteroatoms. The molecule has 0 atom stereocenters. The van der Waals surface area contributed by atoms with Crippen molar-refractivity contribution in [3.05, 3.63) is 35.4 Å². The standard InChI is InChI=1S/C13H18N2O/c1-12-3-2-4-13(9-12)10-14-5-7-15(11-16)8-6-14/h2-4,9,11H,5-8,10H2,1H3. The Bertz CT molecular complexity index is 357. The van der Waals surface area contributed by atoms with Crippen LogP contribution in [0.4, 0.5) is 0 Å². The second kappa shape index (κ2) is 5.12. The van der Waals surface area contributed by atoms with Gasteiger partial charge in [-0.15, -0.1) is 0 Å². The largest absolute Gasteiger partial charge is 0.343 e. The Morgan fingerprint density at radius 3 is 2.62 bits per heavy atom. The topological polar surface area (TPSA) is 23.6 Å². The van der Waals surface area contributed by atoms with Gasteiger partial charge in [0.15, 0.2) is 0 Å². The number of hydrogen-bond donors (Lipinski definition) is 0. The highest BCUT2D eigenvalue weighted by atomic mass is 16.1. The number of carbonyl (C=O) groups excluding carboxylic acids is 1. The van der Waals surface area contributed by atoms with Crippen LogP contribution in [0.25, 0.3) is 0 Å². The number of rotatable bonds is 3. The quantitative estimate of drug-likeness (QED) is 0.713. The van der Waals surface area contributed by atoms with Crippen LogP contribution in [0.2, 0.25) is 0 Å². The predicted octanol–water partition coefficient (Wildman–Crippen LogP) is 1.27. The fourth-order valence-corrected chi connectivity index (χ4v) is 2.10. The number of nitrogens with zero attached hydrogens (tertiary/aromatic N) is 2. The first-order chi connectivity index (χ1) is 7.78. The van der Waals surface area contributed by atoms with Gasteiger partial charge in [0.25, 0.3) is 0 Å². The second-order valence-electron chi connectivity index (χ2n) is 4.41. The van der Waals surface area contributed by atoms with E-state index >= 15 is 0 Å². The number of carbonyl (C=O) groups is 1. The lowest BCUT2D eigenvalue weighted by atomic mass is 10.1. The Morgan fingerprint density at radius 1 is 1.25 bits per heavy atom. The second-order valence-corrected chi connectivity index (χ2v) is 4.41. The first kappa shape index (κ1) is 11.1. The molecule has 0 N–H and O–H groups in total. The van der Waals surface area contributed by atoms with Crippen LogP contribution in [-0.2, 0) is 11.3 Å². The van der Waals surface area contributed by atoms with E-state index in [4.69, 9.17) is 0 Å². The van der Waals surface area contributed by atoms with Crippen LogP contribution in [-0.4, -0.2) is 42.4 Å². The zero-order chi connectivity index (χ0) is 11.4. The van der Waals surface area contributed by atoms with Crippen molar-refractivity contribution < 1.29 is 4.79 Å². The lowest BCUT2D eigenvalue weighted by Crippen LogP contribution is -2.45. The molecule has 1 fully saturated rings. The Balaban J connectivity index is 1.89. The molecule has 1 heterocycles. The van der Waals surface area contributed by atoms with Crippen molar-refractivity contribution in [3.63, 3.8) is 0 Å². The van der Waals surface area contributed by atoms with Crippen LogP contribution in [0.1, 0.15) is 11.1 Å². The number of piperazine rings is 1. The summed E-state index contributed by atoms with van der Waals surface area (Å²) in [6.07, 6.45) is 0.948. The molecule has 16 heavy (non-hydrogen) atoms. The van der Waals surface area contributed by atoms with Crippen LogP contribution in [0, 0.1) is 6.92 Å². The number of benzene rings is 1. The highest BCUT2D eigenvalue weighted by molar-refractivity contribution is 5.47. The van der Waals surface area contributed by atoms with E-state index in [2.05, 4.69) is 36.1 Å². The summed E-state index contributed by atoms with van der Waals surface area (Å²) >= 11 is 0. The summed E-state index contributed by atoms with van der Waals surface area (Å²) in [4.78, 5) is 14.8. The van der Waals surface area contributed by atoms with Gasteiger partial charge in [-0.1, -0.05) is 29.8 Å². The molecule has 1 amide bonds. The molecule has 2 rings (SSSR count). The summed E-state index contributed by atoms with van der Waals surface area (Å²) in [5.74, 6) is 0. The van der Waals surface area contributed by atoms with E-state index in [0.717, 1.165) is 39.1 Å². The van der Waals surface area contributed by atoms with Crippen molar-refractivity contribution >= 4 is 6.41 Å². The summed E-state index contributed by atoms with van der Waals surface area (Å²) in [6.45, 7) is 6.78. The van der Waals surface area contributed by atoms with Crippen LogP contribution in [0.3, 0.4) is 0 Å². The van der Waals surface area contributed by atoms with Crippen molar-refractivity contribution in [2.45, 2.75) is 13.5 Å². The molecule has 1 aliphatic rings. The molecule has 0 radical (unpaired) electrons. The zero-order valence-corrected chi connectivity index (χ0v) is 9.72. The summed E-state index contributed by atoms with van der Waals surface area (Å²) in [5, 5.41) is 0. The van der Waals surface area contributed by atoms with E-state index in [9.17, 15) is 4.79 Å². The van der Waals surface area contributed by atoms with Crippen molar-refractivity contribution in [2.75, 3.05) is 26.2 Å². The van der Waals surface area contributed by atoms with Gasteiger partial charge in [0.05, 0.1) is 0 Å². The summed E-state index contributed by atoms with van der Waals surface area (Å²) in [5.41, 5.74) is 2.67. The minimum atomic E-state index is 0.856. The molecule has 1 aromatic carbocycles. The normalized spacial score (nSPS) is 17.4. The Morgan fingerprint density at radius 2 is 2.00 bits per heavy atom. The van der Waals surface area contributed by atoms with E-state index in [1.165, 1.54) is 11.1 Å². The van der Waals surface area contributed by atoms with E-state index in [1.807, 2.05) is 4.90 Å². The maximum absolute atomic E-state index is 10.6. The molecule has 3 nitrogen and oxygen atoms in total. The molecule has 0 aliphatic carbocycles. The molecule has 0 unspecified atom stereocenters. The number of aryl methyl sites for hydroxylation is 1. The Hall–Kier alpha value is -1.35. The number of amides is 1. The Labute approximate surface area is 96.7 Å². The van der Waals surface area contributed by atoms with E-state index in [-0.39, 0.29) is 0 Å².